The van der Waals surface area contributed by atoms with E-state index >= 15 is 0 Å². The van der Waals surface area contributed by atoms with Crippen LogP contribution in [0.1, 0.15) is 26.2 Å². The molecule has 90 valence electrons. The zero-order valence-corrected chi connectivity index (χ0v) is 10.3. The summed E-state index contributed by atoms with van der Waals surface area (Å²) < 4.78 is 1.74. The van der Waals surface area contributed by atoms with Crippen molar-refractivity contribution in [3.05, 3.63) is 10.5 Å². The molecule has 1 fully saturated rings. The quantitative estimate of drug-likeness (QED) is 0.821. The molecule has 0 unspecified atom stereocenters. The Morgan fingerprint density at radius 1 is 1.50 bits per heavy atom. The summed E-state index contributed by atoms with van der Waals surface area (Å²) in [6.45, 7) is 4.96. The molecule has 0 aliphatic carbocycles. The van der Waals surface area contributed by atoms with Crippen molar-refractivity contribution in [3.63, 3.8) is 0 Å². The fourth-order valence-electron chi connectivity index (χ4n) is 1.88. The fourth-order valence-corrected chi connectivity index (χ4v) is 3.05. The molecule has 1 aliphatic rings. The molecule has 0 amide bonds. The molecule has 5 nitrogen and oxygen atoms in total. The van der Waals surface area contributed by atoms with Crippen LogP contribution in [-0.4, -0.2) is 33.1 Å². The van der Waals surface area contributed by atoms with Gasteiger partial charge in [-0.25, -0.2) is 9.89 Å². The first-order valence-electron chi connectivity index (χ1n) is 5.84. The van der Waals surface area contributed by atoms with E-state index in [-0.39, 0.29) is 5.69 Å². The summed E-state index contributed by atoms with van der Waals surface area (Å²) in [6.07, 6.45) is 3.26. The van der Waals surface area contributed by atoms with E-state index in [2.05, 4.69) is 22.4 Å². The van der Waals surface area contributed by atoms with Gasteiger partial charge in [0.2, 0.25) is 0 Å². The standard InChI is InChI=1S/C10H18N4OS/c1-2-7-14-9(15)12-13-10(14)16-8-3-5-11-6-4-8/h8,11H,2-7H2,1H3,(H,12,15). The number of thioether (sulfide) groups is 1. The maximum atomic E-state index is 11.5. The van der Waals surface area contributed by atoms with E-state index in [1.54, 1.807) is 16.3 Å². The van der Waals surface area contributed by atoms with E-state index in [0.29, 0.717) is 5.25 Å². The van der Waals surface area contributed by atoms with Crippen LogP contribution in [0.15, 0.2) is 9.95 Å². The molecule has 0 spiro atoms. The van der Waals surface area contributed by atoms with E-state index < -0.39 is 0 Å². The summed E-state index contributed by atoms with van der Waals surface area (Å²) in [5.74, 6) is 0. The lowest BCUT2D eigenvalue weighted by atomic mass is 10.2. The molecule has 6 heteroatoms. The van der Waals surface area contributed by atoms with Gasteiger partial charge in [0.1, 0.15) is 0 Å². The molecule has 1 saturated heterocycles. The molecule has 2 N–H and O–H groups in total. The Kier molecular flexibility index (Phi) is 4.06. The molecule has 2 heterocycles. The van der Waals surface area contributed by atoms with Crippen LogP contribution in [0, 0.1) is 0 Å². The first-order chi connectivity index (χ1) is 7.81. The van der Waals surface area contributed by atoms with Crippen molar-refractivity contribution >= 4 is 11.8 Å². The van der Waals surface area contributed by atoms with Gasteiger partial charge < -0.3 is 5.32 Å². The van der Waals surface area contributed by atoms with E-state index in [9.17, 15) is 4.79 Å². The van der Waals surface area contributed by atoms with E-state index in [4.69, 9.17) is 0 Å². The van der Waals surface area contributed by atoms with Crippen LogP contribution in [0.3, 0.4) is 0 Å². The molecule has 1 aromatic rings. The minimum absolute atomic E-state index is 0.0849. The molecule has 0 radical (unpaired) electrons. The van der Waals surface area contributed by atoms with Crippen LogP contribution in [-0.2, 0) is 6.54 Å². The number of nitrogens with one attached hydrogen (secondary N) is 2. The molecule has 1 aromatic heterocycles. The molecule has 1 aliphatic heterocycles. The van der Waals surface area contributed by atoms with Gasteiger partial charge in [-0.3, -0.25) is 4.57 Å². The number of hydrogen-bond donors (Lipinski definition) is 2. The second kappa shape index (κ2) is 5.54. The number of nitrogens with zero attached hydrogens (tertiary/aromatic N) is 2. The largest absolute Gasteiger partial charge is 0.343 e. The van der Waals surface area contributed by atoms with Gasteiger partial charge in [-0.1, -0.05) is 18.7 Å². The van der Waals surface area contributed by atoms with Gasteiger partial charge in [-0.05, 0) is 32.4 Å². The summed E-state index contributed by atoms with van der Waals surface area (Å²) in [6, 6.07) is 0. The van der Waals surface area contributed by atoms with Crippen LogP contribution in [0.25, 0.3) is 0 Å². The second-order valence-corrected chi connectivity index (χ2v) is 5.30. The van der Waals surface area contributed by atoms with Gasteiger partial charge >= 0.3 is 5.69 Å². The topological polar surface area (TPSA) is 62.7 Å². The highest BCUT2D eigenvalue weighted by atomic mass is 32.2. The van der Waals surface area contributed by atoms with E-state index in [1.807, 2.05) is 0 Å². The monoisotopic (exact) mass is 242 g/mol. The minimum atomic E-state index is -0.0849. The molecule has 0 bridgehead atoms. The Balaban J connectivity index is 2.05. The van der Waals surface area contributed by atoms with Crippen molar-refractivity contribution in [1.82, 2.24) is 20.1 Å². The third-order valence-electron chi connectivity index (χ3n) is 2.73. The summed E-state index contributed by atoms with van der Waals surface area (Å²) in [7, 11) is 0. The lowest BCUT2D eigenvalue weighted by Gasteiger charge is -2.21. The van der Waals surface area contributed by atoms with Gasteiger partial charge in [-0.2, -0.15) is 0 Å². The SMILES string of the molecule is CCCn1c(SC2CCNCC2)n[nH]c1=O. The van der Waals surface area contributed by atoms with Gasteiger partial charge in [0.15, 0.2) is 5.16 Å². The Morgan fingerprint density at radius 2 is 2.25 bits per heavy atom. The smallest absolute Gasteiger partial charge is 0.317 e. The number of H-pyrrole nitrogens is 1. The Labute approximate surface area is 99.0 Å². The summed E-state index contributed by atoms with van der Waals surface area (Å²) in [4.78, 5) is 11.5. The maximum absolute atomic E-state index is 11.5. The highest BCUT2D eigenvalue weighted by Crippen LogP contribution is 2.26. The minimum Gasteiger partial charge on any atom is -0.317 e. The zero-order valence-electron chi connectivity index (χ0n) is 9.53. The van der Waals surface area contributed by atoms with Crippen LogP contribution in [0.5, 0.6) is 0 Å². The van der Waals surface area contributed by atoms with Gasteiger partial charge in [0.05, 0.1) is 0 Å². The zero-order chi connectivity index (χ0) is 11.4. The first-order valence-corrected chi connectivity index (χ1v) is 6.71. The average Bonchev–Trinajstić information content (AvgIpc) is 2.64. The second-order valence-electron chi connectivity index (χ2n) is 4.03. The van der Waals surface area contributed by atoms with Crippen LogP contribution in [0.4, 0.5) is 0 Å². The summed E-state index contributed by atoms with van der Waals surface area (Å²) in [5.41, 5.74) is -0.0849. The summed E-state index contributed by atoms with van der Waals surface area (Å²) in [5, 5.41) is 11.4. The van der Waals surface area contributed by atoms with Gasteiger partial charge in [-0.15, -0.1) is 5.10 Å². The number of piperidine rings is 1. The Bertz CT molecular complexity index is 380. The van der Waals surface area contributed by atoms with Gasteiger partial charge in [0.25, 0.3) is 0 Å². The van der Waals surface area contributed by atoms with Crippen molar-refractivity contribution in [3.8, 4) is 0 Å². The number of aromatic nitrogens is 3. The molecule has 0 atom stereocenters. The summed E-state index contributed by atoms with van der Waals surface area (Å²) >= 11 is 1.73. The molecular weight excluding hydrogens is 224 g/mol. The molecule has 0 aromatic carbocycles. The van der Waals surface area contributed by atoms with Crippen LogP contribution >= 0.6 is 11.8 Å². The predicted molar refractivity (Wildman–Crippen MR) is 64.9 cm³/mol. The lowest BCUT2D eigenvalue weighted by Crippen LogP contribution is -2.29. The van der Waals surface area contributed by atoms with Gasteiger partial charge in [0, 0.05) is 11.8 Å². The van der Waals surface area contributed by atoms with E-state index in [0.717, 1.165) is 44.1 Å². The van der Waals surface area contributed by atoms with Crippen molar-refractivity contribution in [2.24, 2.45) is 0 Å². The lowest BCUT2D eigenvalue weighted by molar-refractivity contribution is 0.528. The number of hydrogen-bond acceptors (Lipinski definition) is 4. The molecule has 16 heavy (non-hydrogen) atoms. The van der Waals surface area contributed by atoms with Crippen LogP contribution < -0.4 is 11.0 Å². The van der Waals surface area contributed by atoms with Crippen LogP contribution in [0.2, 0.25) is 0 Å². The number of aromatic amines is 1. The highest BCUT2D eigenvalue weighted by molar-refractivity contribution is 7.99. The molecule has 2 rings (SSSR count). The predicted octanol–water partition coefficient (Wildman–Crippen LogP) is 0.825. The van der Waals surface area contributed by atoms with Crippen molar-refractivity contribution < 1.29 is 0 Å². The van der Waals surface area contributed by atoms with Crippen molar-refractivity contribution in [2.75, 3.05) is 13.1 Å². The normalized spacial score (nSPS) is 17.8. The molecular formula is C10H18N4OS. The highest BCUT2D eigenvalue weighted by Gasteiger charge is 2.18. The van der Waals surface area contributed by atoms with E-state index in [1.165, 1.54) is 0 Å². The third-order valence-corrected chi connectivity index (χ3v) is 4.06. The van der Waals surface area contributed by atoms with Crippen molar-refractivity contribution in [2.45, 2.75) is 43.1 Å². The molecule has 0 saturated carbocycles. The first kappa shape index (κ1) is 11.7. The Hall–Kier alpha value is -0.750. The maximum Gasteiger partial charge on any atom is 0.343 e. The number of rotatable bonds is 4. The fraction of sp³-hybridized carbons (Fsp3) is 0.800. The third kappa shape index (κ3) is 2.68. The van der Waals surface area contributed by atoms with Crippen molar-refractivity contribution in [1.29, 1.82) is 0 Å². The average molecular weight is 242 g/mol. The Morgan fingerprint density at radius 3 is 2.94 bits per heavy atom.